The Hall–Kier alpha value is -2.93. The average molecular weight is 466 g/mol. The zero-order valence-electron chi connectivity index (χ0n) is 19.8. The van der Waals surface area contributed by atoms with Crippen LogP contribution in [-0.2, 0) is 16.7 Å². The Labute approximate surface area is 199 Å². The molecule has 3 aromatic rings. The van der Waals surface area contributed by atoms with Gasteiger partial charge in [0.2, 0.25) is 0 Å². The molecule has 1 N–H and O–H groups in total. The third-order valence-corrected chi connectivity index (χ3v) is 7.53. The summed E-state index contributed by atoms with van der Waals surface area (Å²) in [5, 5.41) is 15.2. The number of nitrogens with zero attached hydrogens (tertiary/aromatic N) is 3. The molecule has 2 fully saturated rings. The fraction of sp³-hybridized carbons (Fsp3) is 0.481. The molecule has 5 rings (SSSR count). The lowest BCUT2D eigenvalue weighted by Crippen LogP contribution is -2.47. The summed E-state index contributed by atoms with van der Waals surface area (Å²) in [6, 6.07) is 10.9. The van der Waals surface area contributed by atoms with Crippen molar-refractivity contribution in [3.8, 4) is 0 Å². The quantitative estimate of drug-likeness (QED) is 0.487. The van der Waals surface area contributed by atoms with Crippen molar-refractivity contribution in [1.29, 1.82) is 0 Å². The lowest BCUT2D eigenvalue weighted by atomic mass is 9.73. The smallest absolute Gasteiger partial charge is 0.407 e. The van der Waals surface area contributed by atoms with Crippen LogP contribution in [0.3, 0.4) is 0 Å². The average Bonchev–Trinajstić information content (AvgIpc) is 3.56. The summed E-state index contributed by atoms with van der Waals surface area (Å²) in [5.74, 6) is 0.442. The van der Waals surface area contributed by atoms with Crippen molar-refractivity contribution >= 4 is 17.0 Å². The molecule has 1 aliphatic heterocycles. The third kappa shape index (κ3) is 4.53. The standard InChI is InChI=1S/C27H32FN3O3/c1-18-13-21-15-29-31(16-20-3-4-20)25(21)24(14-18)19(2)34-17-27(22-5-7-23(28)8-6-22)9-11-30(12-10-27)26(32)33/h5-8,13-15,19-20H,3-4,9-12,16-17H2,1-2H3,(H,32,33). The summed E-state index contributed by atoms with van der Waals surface area (Å²) in [6.07, 6.45) is 4.70. The molecule has 2 heterocycles. The summed E-state index contributed by atoms with van der Waals surface area (Å²) in [7, 11) is 0. The van der Waals surface area contributed by atoms with Crippen molar-refractivity contribution in [3.05, 3.63) is 65.1 Å². The predicted octanol–water partition coefficient (Wildman–Crippen LogP) is 5.68. The molecular formula is C27H32FN3O3. The molecule has 7 heteroatoms. The van der Waals surface area contributed by atoms with Crippen LogP contribution >= 0.6 is 0 Å². The summed E-state index contributed by atoms with van der Waals surface area (Å²) in [6.45, 7) is 6.43. The molecule has 180 valence electrons. The van der Waals surface area contributed by atoms with Gasteiger partial charge in [-0.2, -0.15) is 5.10 Å². The Morgan fingerprint density at radius 3 is 2.59 bits per heavy atom. The first-order chi connectivity index (χ1) is 16.3. The monoisotopic (exact) mass is 465 g/mol. The van der Waals surface area contributed by atoms with Crippen LogP contribution in [-0.4, -0.2) is 45.6 Å². The van der Waals surface area contributed by atoms with E-state index < -0.39 is 6.09 Å². The highest BCUT2D eigenvalue weighted by Crippen LogP contribution is 2.39. The van der Waals surface area contributed by atoms with Crippen molar-refractivity contribution in [2.75, 3.05) is 19.7 Å². The van der Waals surface area contributed by atoms with Crippen molar-refractivity contribution in [3.63, 3.8) is 0 Å². The highest BCUT2D eigenvalue weighted by Gasteiger charge is 2.38. The number of halogens is 1. The van der Waals surface area contributed by atoms with Gasteiger partial charge < -0.3 is 14.7 Å². The minimum absolute atomic E-state index is 0.160. The van der Waals surface area contributed by atoms with Crippen molar-refractivity contribution < 1.29 is 19.0 Å². The van der Waals surface area contributed by atoms with Crippen molar-refractivity contribution in [2.24, 2.45) is 5.92 Å². The van der Waals surface area contributed by atoms with Gasteiger partial charge in [0.25, 0.3) is 0 Å². The first-order valence-corrected chi connectivity index (χ1v) is 12.2. The van der Waals surface area contributed by atoms with E-state index in [4.69, 9.17) is 4.74 Å². The number of benzene rings is 2. The van der Waals surface area contributed by atoms with Gasteiger partial charge in [0.1, 0.15) is 5.82 Å². The number of hydrogen-bond donors (Lipinski definition) is 1. The molecule has 0 radical (unpaired) electrons. The number of rotatable bonds is 7. The molecule has 0 bridgehead atoms. The summed E-state index contributed by atoms with van der Waals surface area (Å²) in [5.41, 5.74) is 4.09. The number of carboxylic acid groups (broad SMARTS) is 1. The number of aromatic nitrogens is 2. The highest BCUT2D eigenvalue weighted by atomic mass is 19.1. The molecule has 6 nitrogen and oxygen atoms in total. The first kappa shape index (κ1) is 22.8. The number of piperidine rings is 1. The maximum Gasteiger partial charge on any atom is 0.407 e. The fourth-order valence-electron chi connectivity index (χ4n) is 5.24. The fourth-order valence-corrected chi connectivity index (χ4v) is 5.24. The Bertz CT molecular complexity index is 1180. The number of amides is 1. The van der Waals surface area contributed by atoms with Gasteiger partial charge in [0, 0.05) is 36.0 Å². The van der Waals surface area contributed by atoms with Crippen LogP contribution in [0.5, 0.6) is 0 Å². The van der Waals surface area contributed by atoms with Crippen LogP contribution in [0.25, 0.3) is 10.9 Å². The molecule has 2 aliphatic rings. The number of ether oxygens (including phenoxy) is 1. The van der Waals surface area contributed by atoms with E-state index in [2.05, 4.69) is 35.8 Å². The zero-order valence-corrected chi connectivity index (χ0v) is 19.8. The molecule has 2 aromatic carbocycles. The Kier molecular flexibility index (Phi) is 6.06. The predicted molar refractivity (Wildman–Crippen MR) is 128 cm³/mol. The molecule has 1 saturated heterocycles. The maximum atomic E-state index is 13.6. The first-order valence-electron chi connectivity index (χ1n) is 12.2. The Balaban J connectivity index is 1.41. The second-order valence-electron chi connectivity index (χ2n) is 10.1. The summed E-state index contributed by atoms with van der Waals surface area (Å²) >= 11 is 0. The third-order valence-electron chi connectivity index (χ3n) is 7.53. The summed E-state index contributed by atoms with van der Waals surface area (Å²) < 4.78 is 22.3. The topological polar surface area (TPSA) is 67.6 Å². The van der Waals surface area contributed by atoms with Gasteiger partial charge in [-0.25, -0.2) is 9.18 Å². The number of carbonyl (C=O) groups is 1. The Morgan fingerprint density at radius 2 is 1.94 bits per heavy atom. The lowest BCUT2D eigenvalue weighted by molar-refractivity contribution is 0.00547. The molecule has 1 aromatic heterocycles. The molecule has 1 unspecified atom stereocenters. The maximum absolute atomic E-state index is 13.6. The number of hydrogen-bond acceptors (Lipinski definition) is 3. The number of likely N-dealkylation sites (tertiary alicyclic amines) is 1. The van der Waals surface area contributed by atoms with E-state index in [-0.39, 0.29) is 17.3 Å². The lowest BCUT2D eigenvalue weighted by Gasteiger charge is -2.41. The minimum Gasteiger partial charge on any atom is -0.465 e. The van der Waals surface area contributed by atoms with Crippen molar-refractivity contribution in [1.82, 2.24) is 14.7 Å². The van der Waals surface area contributed by atoms with Gasteiger partial charge in [0.15, 0.2) is 0 Å². The van der Waals surface area contributed by atoms with Crippen LogP contribution in [0.15, 0.2) is 42.6 Å². The van der Waals surface area contributed by atoms with E-state index in [1.807, 2.05) is 18.3 Å². The van der Waals surface area contributed by atoms with Crippen LogP contribution in [0.2, 0.25) is 0 Å². The van der Waals surface area contributed by atoms with Gasteiger partial charge in [0.05, 0.1) is 24.4 Å². The van der Waals surface area contributed by atoms with E-state index in [1.54, 1.807) is 0 Å². The molecule has 1 aliphatic carbocycles. The van der Waals surface area contributed by atoms with E-state index in [0.717, 1.165) is 34.5 Å². The van der Waals surface area contributed by atoms with Crippen LogP contribution in [0, 0.1) is 18.7 Å². The van der Waals surface area contributed by atoms with Crippen LogP contribution in [0.1, 0.15) is 55.4 Å². The largest absolute Gasteiger partial charge is 0.465 e. The molecular weight excluding hydrogens is 433 g/mol. The van der Waals surface area contributed by atoms with Crippen LogP contribution in [0.4, 0.5) is 9.18 Å². The normalized spacial score (nSPS) is 18.9. The second kappa shape index (κ2) is 9.02. The second-order valence-corrected chi connectivity index (χ2v) is 10.1. The number of aryl methyl sites for hydroxylation is 1. The van der Waals surface area contributed by atoms with Gasteiger partial charge in [-0.1, -0.05) is 18.2 Å². The Morgan fingerprint density at radius 1 is 1.24 bits per heavy atom. The molecule has 34 heavy (non-hydrogen) atoms. The molecule has 1 amide bonds. The van der Waals surface area contributed by atoms with Crippen molar-refractivity contribution in [2.45, 2.75) is 57.6 Å². The number of fused-ring (bicyclic) bond motifs is 1. The molecule has 1 atom stereocenters. The molecule has 1 saturated carbocycles. The van der Waals surface area contributed by atoms with E-state index in [1.165, 1.54) is 35.4 Å². The van der Waals surface area contributed by atoms with E-state index >= 15 is 0 Å². The van der Waals surface area contributed by atoms with Gasteiger partial charge in [-0.15, -0.1) is 0 Å². The molecule has 0 spiro atoms. The SMILES string of the molecule is Cc1cc(C(C)OCC2(c3ccc(F)cc3)CCN(C(=O)O)CC2)c2c(cnn2CC2CC2)c1. The van der Waals surface area contributed by atoms with E-state index in [9.17, 15) is 14.3 Å². The highest BCUT2D eigenvalue weighted by molar-refractivity contribution is 5.83. The van der Waals surface area contributed by atoms with E-state index in [0.29, 0.717) is 32.5 Å². The minimum atomic E-state index is -0.895. The van der Waals surface area contributed by atoms with Gasteiger partial charge >= 0.3 is 6.09 Å². The van der Waals surface area contributed by atoms with Crippen LogP contribution < -0.4 is 0 Å². The zero-order chi connectivity index (χ0) is 23.9. The van der Waals surface area contributed by atoms with Gasteiger partial charge in [-0.3, -0.25) is 4.68 Å². The summed E-state index contributed by atoms with van der Waals surface area (Å²) in [4.78, 5) is 12.9. The van der Waals surface area contributed by atoms with Gasteiger partial charge in [-0.05, 0) is 74.8 Å².